The summed E-state index contributed by atoms with van der Waals surface area (Å²) in [5.74, 6) is 0.298. The van der Waals surface area contributed by atoms with Gasteiger partial charge >= 0.3 is 0 Å². The molecule has 29 heavy (non-hydrogen) atoms. The third-order valence-corrected chi connectivity index (χ3v) is 6.29. The second-order valence-corrected chi connectivity index (χ2v) is 8.59. The van der Waals surface area contributed by atoms with Crippen LogP contribution in [0.15, 0.2) is 18.2 Å². The monoisotopic (exact) mass is 400 g/mol. The molecule has 0 saturated carbocycles. The highest BCUT2D eigenvalue weighted by molar-refractivity contribution is 5.95. The maximum Gasteiger partial charge on any atom is 0.241 e. The van der Waals surface area contributed by atoms with Gasteiger partial charge in [-0.15, -0.1) is 0 Å². The van der Waals surface area contributed by atoms with Gasteiger partial charge in [-0.05, 0) is 45.2 Å². The summed E-state index contributed by atoms with van der Waals surface area (Å²) in [6, 6.07) is 5.90. The molecule has 1 atom stereocenters. The van der Waals surface area contributed by atoms with Crippen LogP contribution in [-0.4, -0.2) is 78.4 Å². The number of rotatable bonds is 5. The largest absolute Gasteiger partial charge is 0.342 e. The zero-order valence-corrected chi connectivity index (χ0v) is 18.2. The lowest BCUT2D eigenvalue weighted by Crippen LogP contribution is -2.54. The van der Waals surface area contributed by atoms with Crippen molar-refractivity contribution in [1.29, 1.82) is 0 Å². The van der Waals surface area contributed by atoms with Crippen LogP contribution in [0.2, 0.25) is 0 Å². The molecular formula is C23H36N4O2. The van der Waals surface area contributed by atoms with Gasteiger partial charge in [0.25, 0.3) is 0 Å². The Hall–Kier alpha value is -1.92. The molecule has 2 amide bonds. The number of nitrogens with one attached hydrogen (secondary N) is 1. The predicted octanol–water partition coefficient (Wildman–Crippen LogP) is 2.65. The lowest BCUT2D eigenvalue weighted by Gasteiger charge is -2.37. The number of aryl methyl sites for hydroxylation is 2. The van der Waals surface area contributed by atoms with Crippen LogP contribution in [0.1, 0.15) is 43.7 Å². The minimum absolute atomic E-state index is 0.0334. The fourth-order valence-electron chi connectivity index (χ4n) is 4.28. The average Bonchev–Trinajstić information content (AvgIpc) is 3.00. The maximum atomic E-state index is 12.7. The second kappa shape index (κ2) is 10.2. The Bertz CT molecular complexity index is 705. The summed E-state index contributed by atoms with van der Waals surface area (Å²) >= 11 is 0. The summed E-state index contributed by atoms with van der Waals surface area (Å²) in [6.07, 6.45) is 4.74. The summed E-state index contributed by atoms with van der Waals surface area (Å²) in [5.41, 5.74) is 3.16. The number of amides is 2. The third-order valence-electron chi connectivity index (χ3n) is 6.29. The van der Waals surface area contributed by atoms with E-state index in [9.17, 15) is 9.59 Å². The minimum Gasteiger partial charge on any atom is -0.342 e. The Morgan fingerprint density at radius 3 is 2.24 bits per heavy atom. The van der Waals surface area contributed by atoms with Gasteiger partial charge in [-0.1, -0.05) is 30.5 Å². The van der Waals surface area contributed by atoms with Crippen LogP contribution in [0.3, 0.4) is 0 Å². The minimum atomic E-state index is -0.181. The van der Waals surface area contributed by atoms with E-state index in [0.717, 1.165) is 63.4 Å². The first-order valence-corrected chi connectivity index (χ1v) is 11.1. The second-order valence-electron chi connectivity index (χ2n) is 8.59. The van der Waals surface area contributed by atoms with Crippen LogP contribution in [0.4, 0.5) is 5.69 Å². The van der Waals surface area contributed by atoms with Crippen molar-refractivity contribution in [3.63, 3.8) is 0 Å². The highest BCUT2D eigenvalue weighted by Gasteiger charge is 2.27. The summed E-state index contributed by atoms with van der Waals surface area (Å²) in [5, 5.41) is 3.07. The average molecular weight is 401 g/mol. The molecule has 0 spiro atoms. The number of anilines is 1. The zero-order chi connectivity index (χ0) is 20.8. The number of piperazine rings is 1. The topological polar surface area (TPSA) is 55.9 Å². The van der Waals surface area contributed by atoms with E-state index in [0.29, 0.717) is 6.54 Å². The van der Waals surface area contributed by atoms with Crippen LogP contribution < -0.4 is 5.32 Å². The van der Waals surface area contributed by atoms with Crippen molar-refractivity contribution in [2.75, 3.05) is 51.1 Å². The summed E-state index contributed by atoms with van der Waals surface area (Å²) in [4.78, 5) is 31.8. The number of benzene rings is 1. The molecule has 0 radical (unpaired) electrons. The molecule has 1 N–H and O–H groups in total. The number of carbonyl (C=O) groups excluding carboxylic acids is 2. The van der Waals surface area contributed by atoms with Crippen LogP contribution in [-0.2, 0) is 9.59 Å². The lowest BCUT2D eigenvalue weighted by molar-refractivity contribution is -0.133. The fraction of sp³-hybridized carbons (Fsp3) is 0.652. The molecule has 2 aliphatic heterocycles. The van der Waals surface area contributed by atoms with E-state index in [1.54, 1.807) is 0 Å². The molecular weight excluding hydrogens is 364 g/mol. The summed E-state index contributed by atoms with van der Waals surface area (Å²) < 4.78 is 0. The normalized spacial score (nSPS) is 20.2. The van der Waals surface area contributed by atoms with Gasteiger partial charge < -0.3 is 10.2 Å². The van der Waals surface area contributed by atoms with Crippen molar-refractivity contribution in [1.82, 2.24) is 14.7 Å². The van der Waals surface area contributed by atoms with E-state index >= 15 is 0 Å². The molecule has 2 fully saturated rings. The molecule has 0 aromatic heterocycles. The first-order chi connectivity index (χ1) is 13.9. The molecule has 0 bridgehead atoms. The Balaban J connectivity index is 1.45. The lowest BCUT2D eigenvalue weighted by atomic mass is 10.1. The van der Waals surface area contributed by atoms with Crippen LogP contribution in [0.25, 0.3) is 0 Å². The Kier molecular flexibility index (Phi) is 7.67. The van der Waals surface area contributed by atoms with E-state index in [-0.39, 0.29) is 17.9 Å². The molecule has 160 valence electrons. The predicted molar refractivity (Wildman–Crippen MR) is 117 cm³/mol. The molecule has 0 unspecified atom stereocenters. The van der Waals surface area contributed by atoms with Gasteiger partial charge in [-0.2, -0.15) is 0 Å². The molecule has 1 aromatic rings. The van der Waals surface area contributed by atoms with Gasteiger partial charge in [0.2, 0.25) is 11.8 Å². The molecule has 6 nitrogen and oxygen atoms in total. The molecule has 2 aliphatic rings. The molecule has 3 rings (SSSR count). The number of hydrogen-bond acceptors (Lipinski definition) is 4. The van der Waals surface area contributed by atoms with Crippen molar-refractivity contribution in [2.45, 2.75) is 52.5 Å². The molecule has 2 saturated heterocycles. The standard InChI is InChI=1S/C23H36N4O2/c1-18-8-9-21(19(2)16-18)24-23(29)20(3)26-14-12-25(13-15-26)17-22(28)27-10-6-4-5-7-11-27/h8-9,16,20H,4-7,10-15,17H2,1-3H3,(H,24,29)/t20-/m1/s1. The number of hydrogen-bond donors (Lipinski definition) is 1. The molecule has 2 heterocycles. The van der Waals surface area contributed by atoms with E-state index in [4.69, 9.17) is 0 Å². The number of carbonyl (C=O) groups is 2. The first kappa shape index (κ1) is 21.8. The smallest absolute Gasteiger partial charge is 0.241 e. The molecule has 1 aromatic carbocycles. The van der Waals surface area contributed by atoms with E-state index in [2.05, 4.69) is 28.1 Å². The Morgan fingerprint density at radius 1 is 0.966 bits per heavy atom. The quantitative estimate of drug-likeness (QED) is 0.826. The SMILES string of the molecule is Cc1ccc(NC(=O)[C@@H](C)N2CCN(CC(=O)N3CCCCCC3)CC2)c(C)c1. The van der Waals surface area contributed by atoms with Crippen LogP contribution in [0, 0.1) is 13.8 Å². The van der Waals surface area contributed by atoms with Gasteiger partial charge in [0, 0.05) is 45.0 Å². The van der Waals surface area contributed by atoms with E-state index < -0.39 is 0 Å². The van der Waals surface area contributed by atoms with Crippen LogP contribution in [0.5, 0.6) is 0 Å². The van der Waals surface area contributed by atoms with E-state index in [1.165, 1.54) is 18.4 Å². The van der Waals surface area contributed by atoms with Crippen molar-refractivity contribution >= 4 is 17.5 Å². The highest BCUT2D eigenvalue weighted by Crippen LogP contribution is 2.17. The highest BCUT2D eigenvalue weighted by atomic mass is 16.2. The maximum absolute atomic E-state index is 12.7. The number of nitrogens with zero attached hydrogens (tertiary/aromatic N) is 3. The van der Waals surface area contributed by atoms with Crippen LogP contribution >= 0.6 is 0 Å². The van der Waals surface area contributed by atoms with Crippen molar-refractivity contribution in [3.05, 3.63) is 29.3 Å². The Labute approximate surface area is 175 Å². The molecule has 6 heteroatoms. The van der Waals surface area contributed by atoms with Crippen molar-refractivity contribution < 1.29 is 9.59 Å². The van der Waals surface area contributed by atoms with E-state index in [1.807, 2.05) is 30.9 Å². The zero-order valence-electron chi connectivity index (χ0n) is 18.2. The van der Waals surface area contributed by atoms with Gasteiger partial charge in [0.05, 0.1) is 12.6 Å². The van der Waals surface area contributed by atoms with Crippen molar-refractivity contribution in [2.24, 2.45) is 0 Å². The summed E-state index contributed by atoms with van der Waals surface area (Å²) in [7, 11) is 0. The fourth-order valence-corrected chi connectivity index (χ4v) is 4.28. The van der Waals surface area contributed by atoms with Crippen molar-refractivity contribution in [3.8, 4) is 0 Å². The molecule has 0 aliphatic carbocycles. The first-order valence-electron chi connectivity index (χ1n) is 11.1. The summed E-state index contributed by atoms with van der Waals surface area (Å²) in [6.45, 7) is 11.7. The third kappa shape index (κ3) is 6.03. The number of likely N-dealkylation sites (tertiary alicyclic amines) is 1. The van der Waals surface area contributed by atoms with Gasteiger partial charge in [-0.25, -0.2) is 0 Å². The Morgan fingerprint density at radius 2 is 1.62 bits per heavy atom. The van der Waals surface area contributed by atoms with Gasteiger partial charge in [0.15, 0.2) is 0 Å². The van der Waals surface area contributed by atoms with Gasteiger partial charge in [0.1, 0.15) is 0 Å². The van der Waals surface area contributed by atoms with Gasteiger partial charge in [-0.3, -0.25) is 19.4 Å².